The molecule has 0 aromatic rings. The molecule has 2 unspecified atom stereocenters. The zero-order valence-electron chi connectivity index (χ0n) is 16.9. The molecule has 0 aromatic heterocycles. The van der Waals surface area contributed by atoms with Gasteiger partial charge in [0, 0.05) is 12.4 Å². The molecule has 25 heavy (non-hydrogen) atoms. The van der Waals surface area contributed by atoms with Crippen molar-refractivity contribution in [3.8, 4) is 0 Å². The van der Waals surface area contributed by atoms with Crippen molar-refractivity contribution in [2.75, 3.05) is 0 Å². The highest BCUT2D eigenvalue weighted by atomic mass is 15.3. The Bertz CT molecular complexity index is 349. The Labute approximate surface area is 157 Å². The Kier molecular flexibility index (Phi) is 13.5. The van der Waals surface area contributed by atoms with E-state index >= 15 is 0 Å². The van der Waals surface area contributed by atoms with Crippen LogP contribution in [0.15, 0.2) is 24.6 Å². The average molecular weight is 350 g/mol. The lowest BCUT2D eigenvalue weighted by atomic mass is 10.1. The lowest BCUT2D eigenvalue weighted by molar-refractivity contribution is 0.208. The van der Waals surface area contributed by atoms with E-state index in [0.29, 0.717) is 6.17 Å². The summed E-state index contributed by atoms with van der Waals surface area (Å²) in [5, 5.41) is 3.40. The van der Waals surface area contributed by atoms with Gasteiger partial charge in [-0.25, -0.2) is 0 Å². The summed E-state index contributed by atoms with van der Waals surface area (Å²) in [6, 6.07) is 0. The smallest absolute Gasteiger partial charge is 0.0995 e. The number of nitrogens with zero attached hydrogens (tertiary/aromatic N) is 1. The van der Waals surface area contributed by atoms with E-state index in [1.807, 2.05) is 13.1 Å². The summed E-state index contributed by atoms with van der Waals surface area (Å²) in [7, 11) is 0. The predicted octanol–water partition coefficient (Wildman–Crippen LogP) is 6.03. The van der Waals surface area contributed by atoms with Gasteiger partial charge in [0.05, 0.1) is 12.3 Å². The maximum atomic E-state index is 5.97. The third-order valence-corrected chi connectivity index (χ3v) is 5.10. The molecule has 0 fully saturated rings. The lowest BCUT2D eigenvalue weighted by Gasteiger charge is -2.28. The van der Waals surface area contributed by atoms with E-state index in [9.17, 15) is 0 Å². The van der Waals surface area contributed by atoms with Crippen LogP contribution in [-0.4, -0.2) is 17.2 Å². The summed E-state index contributed by atoms with van der Waals surface area (Å²) < 4.78 is 0. The summed E-state index contributed by atoms with van der Waals surface area (Å²) in [6.07, 6.45) is 28.3. The molecule has 0 spiro atoms. The van der Waals surface area contributed by atoms with Gasteiger partial charge in [-0.3, -0.25) is 0 Å². The summed E-state index contributed by atoms with van der Waals surface area (Å²) in [6.45, 7) is 4.32. The van der Waals surface area contributed by atoms with Gasteiger partial charge < -0.3 is 16.0 Å². The molecule has 0 aromatic carbocycles. The molecule has 146 valence electrons. The van der Waals surface area contributed by atoms with E-state index < -0.39 is 0 Å². The van der Waals surface area contributed by atoms with Crippen molar-refractivity contribution in [3.63, 3.8) is 0 Å². The van der Waals surface area contributed by atoms with E-state index in [4.69, 9.17) is 5.73 Å². The molecule has 1 aliphatic heterocycles. The van der Waals surface area contributed by atoms with E-state index in [1.54, 1.807) is 0 Å². The van der Waals surface area contributed by atoms with Crippen molar-refractivity contribution >= 4 is 0 Å². The fourth-order valence-electron chi connectivity index (χ4n) is 3.49. The summed E-state index contributed by atoms with van der Waals surface area (Å²) in [5.41, 5.74) is 5.97. The molecule has 3 nitrogen and oxygen atoms in total. The van der Waals surface area contributed by atoms with Gasteiger partial charge in [0.1, 0.15) is 0 Å². The molecule has 3 N–H and O–H groups in total. The van der Waals surface area contributed by atoms with E-state index in [1.165, 1.54) is 89.9 Å². The molecule has 3 heteroatoms. The molecule has 0 saturated heterocycles. The van der Waals surface area contributed by atoms with Gasteiger partial charge in [0.25, 0.3) is 0 Å². The van der Waals surface area contributed by atoms with Crippen LogP contribution in [0.3, 0.4) is 0 Å². The van der Waals surface area contributed by atoms with Gasteiger partial charge in [0.15, 0.2) is 0 Å². The monoisotopic (exact) mass is 349 g/mol. The SMILES string of the molecule is CCCCCC/C=C/CCCCCCCCCC1NC=CN1C(C)N. The second kappa shape index (κ2) is 15.3. The second-order valence-electron chi connectivity index (χ2n) is 7.56. The fraction of sp³-hybridized carbons (Fsp3) is 0.818. The standard InChI is InChI=1S/C22H43N3/c1-3-4-5-6-7-8-9-10-11-12-13-14-15-16-17-18-22-24-19-20-25(22)21(2)23/h8-9,19-22,24H,3-7,10-18,23H2,1-2H3/b9-8+. The molecule has 0 aliphatic carbocycles. The normalized spacial score (nSPS) is 18.2. The first kappa shape index (κ1) is 22.1. The van der Waals surface area contributed by atoms with Crippen molar-refractivity contribution in [2.24, 2.45) is 5.73 Å². The van der Waals surface area contributed by atoms with Gasteiger partial charge in [-0.1, -0.05) is 70.4 Å². The number of hydrogen-bond donors (Lipinski definition) is 2. The molecular formula is C22H43N3. The first-order valence-electron chi connectivity index (χ1n) is 10.9. The van der Waals surface area contributed by atoms with Crippen LogP contribution in [-0.2, 0) is 0 Å². The number of nitrogens with two attached hydrogens (primary N) is 1. The third kappa shape index (κ3) is 11.3. The molecule has 0 radical (unpaired) electrons. The van der Waals surface area contributed by atoms with Crippen LogP contribution in [0.25, 0.3) is 0 Å². The first-order valence-corrected chi connectivity index (χ1v) is 10.9. The van der Waals surface area contributed by atoms with Crippen molar-refractivity contribution in [2.45, 2.75) is 116 Å². The van der Waals surface area contributed by atoms with Crippen LogP contribution >= 0.6 is 0 Å². The lowest BCUT2D eigenvalue weighted by Crippen LogP contribution is -2.44. The topological polar surface area (TPSA) is 41.3 Å². The van der Waals surface area contributed by atoms with Crippen molar-refractivity contribution < 1.29 is 0 Å². The zero-order valence-corrected chi connectivity index (χ0v) is 16.9. The zero-order chi connectivity index (χ0) is 18.2. The molecule has 0 saturated carbocycles. The van der Waals surface area contributed by atoms with Gasteiger partial charge in [0.2, 0.25) is 0 Å². The van der Waals surface area contributed by atoms with Crippen molar-refractivity contribution in [3.05, 3.63) is 24.6 Å². The minimum absolute atomic E-state index is 0.0987. The van der Waals surface area contributed by atoms with Crippen LogP contribution in [0.5, 0.6) is 0 Å². The quantitative estimate of drug-likeness (QED) is 0.264. The molecule has 1 aliphatic rings. The first-order chi connectivity index (χ1) is 12.3. The summed E-state index contributed by atoms with van der Waals surface area (Å²) >= 11 is 0. The average Bonchev–Trinajstić information content (AvgIpc) is 3.07. The maximum absolute atomic E-state index is 5.97. The maximum Gasteiger partial charge on any atom is 0.0995 e. The third-order valence-electron chi connectivity index (χ3n) is 5.10. The van der Waals surface area contributed by atoms with Gasteiger partial charge in [-0.2, -0.15) is 0 Å². The Morgan fingerprint density at radius 1 is 0.920 bits per heavy atom. The Hall–Kier alpha value is -0.960. The molecule has 1 rings (SSSR count). The highest BCUT2D eigenvalue weighted by Crippen LogP contribution is 2.16. The minimum atomic E-state index is 0.0987. The Morgan fingerprint density at radius 3 is 2.08 bits per heavy atom. The van der Waals surface area contributed by atoms with Crippen molar-refractivity contribution in [1.82, 2.24) is 10.2 Å². The van der Waals surface area contributed by atoms with Crippen LogP contribution in [0.2, 0.25) is 0 Å². The number of nitrogens with one attached hydrogen (secondary N) is 1. The van der Waals surface area contributed by atoms with Gasteiger partial charge >= 0.3 is 0 Å². The van der Waals surface area contributed by atoms with E-state index in [2.05, 4.69) is 35.5 Å². The highest BCUT2D eigenvalue weighted by molar-refractivity contribution is 4.95. The molecule has 0 amide bonds. The van der Waals surface area contributed by atoms with Crippen LogP contribution in [0, 0.1) is 0 Å². The highest BCUT2D eigenvalue weighted by Gasteiger charge is 2.20. The Morgan fingerprint density at radius 2 is 1.48 bits per heavy atom. The summed E-state index contributed by atoms with van der Waals surface area (Å²) in [5.74, 6) is 0. The van der Waals surface area contributed by atoms with Crippen molar-refractivity contribution in [1.29, 1.82) is 0 Å². The number of unbranched alkanes of at least 4 members (excludes halogenated alkanes) is 11. The summed E-state index contributed by atoms with van der Waals surface area (Å²) in [4.78, 5) is 2.22. The number of hydrogen-bond acceptors (Lipinski definition) is 3. The van der Waals surface area contributed by atoms with E-state index in [0.717, 1.165) is 0 Å². The van der Waals surface area contributed by atoms with Crippen LogP contribution < -0.4 is 11.1 Å². The second-order valence-corrected chi connectivity index (χ2v) is 7.56. The van der Waals surface area contributed by atoms with Crippen LogP contribution in [0.4, 0.5) is 0 Å². The number of allylic oxidation sites excluding steroid dienone is 2. The predicted molar refractivity (Wildman–Crippen MR) is 111 cm³/mol. The Balaban J connectivity index is 1.81. The van der Waals surface area contributed by atoms with Gasteiger partial charge in [-0.15, -0.1) is 0 Å². The molecular weight excluding hydrogens is 306 g/mol. The molecule has 2 atom stereocenters. The van der Waals surface area contributed by atoms with E-state index in [-0.39, 0.29) is 6.17 Å². The molecule has 0 bridgehead atoms. The largest absolute Gasteiger partial charge is 0.370 e. The van der Waals surface area contributed by atoms with Gasteiger partial charge in [-0.05, 0) is 45.4 Å². The van der Waals surface area contributed by atoms with Crippen LogP contribution in [0.1, 0.15) is 104 Å². The number of rotatable bonds is 16. The fourth-order valence-corrected chi connectivity index (χ4v) is 3.49. The molecule has 1 heterocycles. The minimum Gasteiger partial charge on any atom is -0.370 e.